The molecule has 7 heteroatoms. The molecule has 1 aromatic carbocycles. The third-order valence-electron chi connectivity index (χ3n) is 4.23. The predicted octanol–water partition coefficient (Wildman–Crippen LogP) is 0.878. The number of hydrogen-bond donors (Lipinski definition) is 2. The first-order valence-corrected chi connectivity index (χ1v) is 7.85. The number of aryl methyl sites for hydroxylation is 1. The standard InChI is InChI=1S/C17H20N4O3/c1-24-12-5-2-11(3-6-12)4-7-15(22)21-9-8-13-14(10-21)19-17(18)20-16(13)23/h2-3,5-6H,4,7-10H2,1H3,(H3,18,19,20,23). The summed E-state index contributed by atoms with van der Waals surface area (Å²) in [6.45, 7) is 0.869. The molecule has 0 atom stereocenters. The zero-order valence-electron chi connectivity index (χ0n) is 13.5. The average molecular weight is 328 g/mol. The first kappa shape index (κ1) is 16.0. The topological polar surface area (TPSA) is 101 Å². The number of fused-ring (bicyclic) bond motifs is 1. The molecule has 0 aliphatic carbocycles. The number of nitrogens with one attached hydrogen (secondary N) is 1. The van der Waals surface area contributed by atoms with Gasteiger partial charge in [-0.2, -0.15) is 0 Å². The van der Waals surface area contributed by atoms with Crippen LogP contribution in [0.1, 0.15) is 23.2 Å². The number of H-pyrrole nitrogens is 1. The highest BCUT2D eigenvalue weighted by atomic mass is 16.5. The van der Waals surface area contributed by atoms with Crippen LogP contribution in [0.3, 0.4) is 0 Å². The maximum absolute atomic E-state index is 12.4. The van der Waals surface area contributed by atoms with Gasteiger partial charge in [-0.3, -0.25) is 14.6 Å². The Kier molecular flexibility index (Phi) is 4.50. The molecular weight excluding hydrogens is 308 g/mol. The Balaban J connectivity index is 1.62. The van der Waals surface area contributed by atoms with E-state index in [0.29, 0.717) is 43.6 Å². The van der Waals surface area contributed by atoms with Gasteiger partial charge in [-0.25, -0.2) is 4.98 Å². The van der Waals surface area contributed by atoms with Gasteiger partial charge in [-0.05, 0) is 30.5 Å². The number of nitrogen functional groups attached to an aromatic ring is 1. The van der Waals surface area contributed by atoms with Crippen LogP contribution in [-0.2, 0) is 24.2 Å². The normalized spacial score (nSPS) is 13.5. The molecule has 0 bridgehead atoms. The lowest BCUT2D eigenvalue weighted by Gasteiger charge is -2.27. The van der Waals surface area contributed by atoms with E-state index in [-0.39, 0.29) is 17.4 Å². The van der Waals surface area contributed by atoms with Gasteiger partial charge in [0.05, 0.1) is 19.3 Å². The SMILES string of the molecule is COc1ccc(CCC(=O)N2CCc3c(nc(N)[nH]c3=O)C2)cc1. The van der Waals surface area contributed by atoms with Gasteiger partial charge in [0.1, 0.15) is 5.75 Å². The van der Waals surface area contributed by atoms with Crippen LogP contribution in [0.25, 0.3) is 0 Å². The number of nitrogens with two attached hydrogens (primary N) is 1. The lowest BCUT2D eigenvalue weighted by molar-refractivity contribution is -0.132. The number of hydrogen-bond acceptors (Lipinski definition) is 5. The Morgan fingerprint density at radius 1 is 1.38 bits per heavy atom. The molecule has 0 unspecified atom stereocenters. The van der Waals surface area contributed by atoms with Crippen molar-refractivity contribution in [3.8, 4) is 5.75 Å². The Bertz CT molecular complexity index is 798. The van der Waals surface area contributed by atoms with E-state index in [4.69, 9.17) is 10.5 Å². The fourth-order valence-electron chi connectivity index (χ4n) is 2.87. The molecule has 1 aliphatic heterocycles. The summed E-state index contributed by atoms with van der Waals surface area (Å²) in [5.74, 6) is 0.940. The highest BCUT2D eigenvalue weighted by molar-refractivity contribution is 5.76. The van der Waals surface area contributed by atoms with Crippen LogP contribution in [0, 0.1) is 0 Å². The molecule has 0 spiro atoms. The zero-order valence-corrected chi connectivity index (χ0v) is 13.5. The second kappa shape index (κ2) is 6.74. The molecule has 2 heterocycles. The van der Waals surface area contributed by atoms with Crippen LogP contribution in [0.4, 0.5) is 5.95 Å². The minimum Gasteiger partial charge on any atom is -0.497 e. The van der Waals surface area contributed by atoms with Crippen molar-refractivity contribution in [3.05, 3.63) is 51.4 Å². The molecule has 1 aromatic heterocycles. The van der Waals surface area contributed by atoms with Crippen LogP contribution in [-0.4, -0.2) is 34.4 Å². The molecular formula is C17H20N4O3. The van der Waals surface area contributed by atoms with Crippen molar-refractivity contribution in [2.24, 2.45) is 0 Å². The quantitative estimate of drug-likeness (QED) is 0.867. The number of methoxy groups -OCH3 is 1. The molecule has 1 aliphatic rings. The lowest BCUT2D eigenvalue weighted by atomic mass is 10.0. The van der Waals surface area contributed by atoms with E-state index in [0.717, 1.165) is 11.3 Å². The maximum Gasteiger partial charge on any atom is 0.255 e. The summed E-state index contributed by atoms with van der Waals surface area (Å²) < 4.78 is 5.12. The second-order valence-corrected chi connectivity index (χ2v) is 5.79. The Morgan fingerprint density at radius 3 is 2.83 bits per heavy atom. The average Bonchev–Trinajstić information content (AvgIpc) is 2.59. The molecule has 0 fully saturated rings. The van der Waals surface area contributed by atoms with Crippen molar-refractivity contribution in [2.45, 2.75) is 25.8 Å². The van der Waals surface area contributed by atoms with E-state index in [1.807, 2.05) is 24.3 Å². The van der Waals surface area contributed by atoms with Gasteiger partial charge in [-0.15, -0.1) is 0 Å². The number of carbonyl (C=O) groups is 1. The molecule has 0 saturated carbocycles. The molecule has 1 amide bonds. The molecule has 0 radical (unpaired) electrons. The number of carbonyl (C=O) groups excluding carboxylic acids is 1. The first-order valence-electron chi connectivity index (χ1n) is 7.85. The van der Waals surface area contributed by atoms with Gasteiger partial charge in [0.25, 0.3) is 5.56 Å². The monoisotopic (exact) mass is 328 g/mol. The van der Waals surface area contributed by atoms with Crippen LogP contribution in [0.2, 0.25) is 0 Å². The van der Waals surface area contributed by atoms with Gasteiger partial charge >= 0.3 is 0 Å². The largest absolute Gasteiger partial charge is 0.497 e. The van der Waals surface area contributed by atoms with Crippen LogP contribution in [0.5, 0.6) is 5.75 Å². The van der Waals surface area contributed by atoms with E-state index >= 15 is 0 Å². The summed E-state index contributed by atoms with van der Waals surface area (Å²) in [5.41, 5.74) is 7.69. The van der Waals surface area contributed by atoms with Gasteiger partial charge in [0, 0.05) is 18.5 Å². The van der Waals surface area contributed by atoms with Gasteiger partial charge in [0.2, 0.25) is 11.9 Å². The Labute approximate surface area is 139 Å². The fraction of sp³-hybridized carbons (Fsp3) is 0.353. The number of nitrogens with zero attached hydrogens (tertiary/aromatic N) is 2. The molecule has 3 N–H and O–H groups in total. The second-order valence-electron chi connectivity index (χ2n) is 5.79. The summed E-state index contributed by atoms with van der Waals surface area (Å²) in [6, 6.07) is 7.69. The molecule has 24 heavy (non-hydrogen) atoms. The minimum atomic E-state index is -0.206. The van der Waals surface area contributed by atoms with Gasteiger partial charge in [-0.1, -0.05) is 12.1 Å². The van der Waals surface area contributed by atoms with E-state index in [9.17, 15) is 9.59 Å². The van der Waals surface area contributed by atoms with E-state index < -0.39 is 0 Å². The van der Waals surface area contributed by atoms with Crippen LogP contribution in [0.15, 0.2) is 29.1 Å². The van der Waals surface area contributed by atoms with Crippen molar-refractivity contribution < 1.29 is 9.53 Å². The minimum absolute atomic E-state index is 0.0529. The number of amides is 1. The molecule has 3 rings (SSSR count). The van der Waals surface area contributed by atoms with E-state index in [1.54, 1.807) is 12.0 Å². The van der Waals surface area contributed by atoms with Gasteiger partial charge in [0.15, 0.2) is 0 Å². The fourth-order valence-corrected chi connectivity index (χ4v) is 2.87. The third-order valence-corrected chi connectivity index (χ3v) is 4.23. The highest BCUT2D eigenvalue weighted by Gasteiger charge is 2.23. The maximum atomic E-state index is 12.4. The summed E-state index contributed by atoms with van der Waals surface area (Å²) in [5, 5.41) is 0. The number of rotatable bonds is 4. The zero-order chi connectivity index (χ0) is 17.1. The van der Waals surface area contributed by atoms with E-state index in [2.05, 4.69) is 9.97 Å². The summed E-state index contributed by atoms with van der Waals surface area (Å²) >= 11 is 0. The van der Waals surface area contributed by atoms with Crippen molar-refractivity contribution in [3.63, 3.8) is 0 Å². The predicted molar refractivity (Wildman–Crippen MR) is 89.7 cm³/mol. The number of aromatic amines is 1. The Hall–Kier alpha value is -2.83. The smallest absolute Gasteiger partial charge is 0.255 e. The van der Waals surface area contributed by atoms with Crippen molar-refractivity contribution in [2.75, 3.05) is 19.4 Å². The third kappa shape index (κ3) is 3.40. The van der Waals surface area contributed by atoms with Crippen molar-refractivity contribution in [1.82, 2.24) is 14.9 Å². The molecule has 7 nitrogen and oxygen atoms in total. The molecule has 2 aromatic rings. The number of aromatic nitrogens is 2. The molecule has 0 saturated heterocycles. The summed E-state index contributed by atoms with van der Waals surface area (Å²) in [4.78, 5) is 32.7. The number of ether oxygens (including phenoxy) is 1. The van der Waals surface area contributed by atoms with Crippen molar-refractivity contribution in [1.29, 1.82) is 0 Å². The van der Waals surface area contributed by atoms with Crippen molar-refractivity contribution >= 4 is 11.9 Å². The summed E-state index contributed by atoms with van der Waals surface area (Å²) in [6.07, 6.45) is 1.59. The summed E-state index contributed by atoms with van der Waals surface area (Å²) in [7, 11) is 1.62. The highest BCUT2D eigenvalue weighted by Crippen LogP contribution is 2.17. The Morgan fingerprint density at radius 2 is 2.12 bits per heavy atom. The van der Waals surface area contributed by atoms with Crippen LogP contribution < -0.4 is 16.0 Å². The van der Waals surface area contributed by atoms with Crippen LogP contribution >= 0.6 is 0 Å². The molecule has 126 valence electrons. The van der Waals surface area contributed by atoms with E-state index in [1.165, 1.54) is 0 Å². The van der Waals surface area contributed by atoms with Gasteiger partial charge < -0.3 is 15.4 Å². The lowest BCUT2D eigenvalue weighted by Crippen LogP contribution is -2.39. The first-order chi connectivity index (χ1) is 11.6. The number of benzene rings is 1. The number of anilines is 1.